The molecule has 9 heteroatoms. The van der Waals surface area contributed by atoms with Gasteiger partial charge in [-0.25, -0.2) is 18.7 Å². The Bertz CT molecular complexity index is 1030. The lowest BCUT2D eigenvalue weighted by Crippen LogP contribution is -2.16. The molecule has 3 aromatic heterocycles. The number of pyridine rings is 2. The van der Waals surface area contributed by atoms with Crippen LogP contribution in [-0.2, 0) is 0 Å². The number of imidazole rings is 1. The minimum atomic E-state index is -2.74. The van der Waals surface area contributed by atoms with E-state index in [1.165, 1.54) is 18.2 Å². The van der Waals surface area contributed by atoms with Gasteiger partial charge in [0, 0.05) is 30.1 Å². The third kappa shape index (κ3) is 4.19. The number of nitrogens with zero attached hydrogens (tertiary/aromatic N) is 3. The Morgan fingerprint density at radius 1 is 1.38 bits per heavy atom. The molecule has 29 heavy (non-hydrogen) atoms. The van der Waals surface area contributed by atoms with Gasteiger partial charge in [-0.1, -0.05) is 6.07 Å². The number of fused-ring (bicyclic) bond motifs is 1. The van der Waals surface area contributed by atoms with Crippen molar-refractivity contribution in [3.63, 3.8) is 0 Å². The van der Waals surface area contributed by atoms with E-state index in [9.17, 15) is 13.6 Å². The van der Waals surface area contributed by atoms with Crippen molar-refractivity contribution in [2.24, 2.45) is 0 Å². The minimum absolute atomic E-state index is 0.0837. The molecule has 0 aromatic carbocycles. The Morgan fingerprint density at radius 3 is 2.97 bits per heavy atom. The maximum atomic E-state index is 12.9. The van der Waals surface area contributed by atoms with Crippen molar-refractivity contribution < 1.29 is 18.3 Å². The number of thioether (sulfide) groups is 1. The van der Waals surface area contributed by atoms with Crippen molar-refractivity contribution in [1.82, 2.24) is 14.4 Å². The third-order valence-corrected chi connectivity index (χ3v) is 5.86. The second kappa shape index (κ2) is 8.36. The maximum Gasteiger partial charge on any atom is 0.280 e. The molecule has 152 valence electrons. The number of carbonyl (C=O) groups excluding carboxylic acids is 1. The maximum absolute atomic E-state index is 12.9. The van der Waals surface area contributed by atoms with Crippen molar-refractivity contribution in [2.75, 3.05) is 23.4 Å². The Labute approximate surface area is 170 Å². The van der Waals surface area contributed by atoms with Gasteiger partial charge in [0.15, 0.2) is 0 Å². The summed E-state index contributed by atoms with van der Waals surface area (Å²) < 4.78 is 33.3. The van der Waals surface area contributed by atoms with Crippen LogP contribution in [0.4, 0.5) is 14.5 Å². The van der Waals surface area contributed by atoms with Crippen LogP contribution in [0.2, 0.25) is 0 Å². The van der Waals surface area contributed by atoms with E-state index in [1.54, 1.807) is 12.3 Å². The summed E-state index contributed by atoms with van der Waals surface area (Å²) in [7, 11) is 0. The van der Waals surface area contributed by atoms with Crippen LogP contribution >= 0.6 is 11.8 Å². The van der Waals surface area contributed by atoms with E-state index < -0.39 is 18.0 Å². The van der Waals surface area contributed by atoms with Crippen LogP contribution < -0.4 is 10.1 Å². The van der Waals surface area contributed by atoms with Gasteiger partial charge in [0.25, 0.3) is 12.3 Å². The van der Waals surface area contributed by atoms with E-state index in [-0.39, 0.29) is 5.69 Å². The molecule has 0 radical (unpaired) electrons. The van der Waals surface area contributed by atoms with Gasteiger partial charge < -0.3 is 14.5 Å². The fourth-order valence-electron chi connectivity index (χ4n) is 3.25. The van der Waals surface area contributed by atoms with Crippen LogP contribution in [0.3, 0.4) is 0 Å². The molecule has 1 aliphatic heterocycles. The zero-order chi connectivity index (χ0) is 20.4. The molecular weight excluding hydrogens is 398 g/mol. The standard InChI is InChI=1S/C20H20F2N4O2S/c1-2-28-17-8-18-24-15(12-6-7-29-11-12)9-26(18)10-16(17)25-20(27)14-5-3-4-13(23-14)19(21)22/h3-5,8-10,12,19H,2,6-7,11H2,1H3,(H,25,27). The van der Waals surface area contributed by atoms with Gasteiger partial charge in [-0.15, -0.1) is 0 Å². The fraction of sp³-hybridized carbons (Fsp3) is 0.350. The average Bonchev–Trinajstić information content (AvgIpc) is 3.37. The van der Waals surface area contributed by atoms with Crippen molar-refractivity contribution in [3.8, 4) is 5.75 Å². The topological polar surface area (TPSA) is 68.5 Å². The van der Waals surface area contributed by atoms with Crippen LogP contribution in [0.5, 0.6) is 5.75 Å². The number of rotatable bonds is 6. The lowest BCUT2D eigenvalue weighted by molar-refractivity contribution is 0.101. The average molecular weight is 418 g/mol. The first-order chi connectivity index (χ1) is 14.0. The molecule has 0 spiro atoms. The van der Waals surface area contributed by atoms with Crippen LogP contribution in [-0.4, -0.2) is 38.4 Å². The highest BCUT2D eigenvalue weighted by Gasteiger charge is 2.21. The molecule has 1 N–H and O–H groups in total. The first kappa shape index (κ1) is 19.6. The Morgan fingerprint density at radius 2 is 2.24 bits per heavy atom. The van der Waals surface area contributed by atoms with Crippen LogP contribution in [0.25, 0.3) is 5.65 Å². The highest BCUT2D eigenvalue weighted by Crippen LogP contribution is 2.33. The zero-order valence-corrected chi connectivity index (χ0v) is 16.6. The van der Waals surface area contributed by atoms with E-state index in [2.05, 4.69) is 10.3 Å². The predicted molar refractivity (Wildman–Crippen MR) is 108 cm³/mol. The van der Waals surface area contributed by atoms with E-state index >= 15 is 0 Å². The summed E-state index contributed by atoms with van der Waals surface area (Å²) in [6, 6.07) is 5.74. The Kier molecular flexibility index (Phi) is 5.66. The lowest BCUT2D eigenvalue weighted by Gasteiger charge is -2.12. The van der Waals surface area contributed by atoms with Gasteiger partial charge in [0.05, 0.1) is 12.3 Å². The molecule has 3 aromatic rings. The number of hydrogen-bond donors (Lipinski definition) is 1. The van der Waals surface area contributed by atoms with Crippen LogP contribution in [0.15, 0.2) is 36.7 Å². The zero-order valence-electron chi connectivity index (χ0n) is 15.8. The molecule has 1 saturated heterocycles. The fourth-order valence-corrected chi connectivity index (χ4v) is 4.49. The van der Waals surface area contributed by atoms with Gasteiger partial charge >= 0.3 is 0 Å². The third-order valence-electron chi connectivity index (χ3n) is 4.70. The predicted octanol–water partition coefficient (Wildman–Crippen LogP) is 4.54. The number of halogens is 2. The summed E-state index contributed by atoms with van der Waals surface area (Å²) in [4.78, 5) is 21.0. The number of amides is 1. The molecule has 1 unspecified atom stereocenters. The summed E-state index contributed by atoms with van der Waals surface area (Å²) in [6.07, 6.45) is 2.06. The monoisotopic (exact) mass is 418 g/mol. The van der Waals surface area contributed by atoms with Gasteiger partial charge in [-0.3, -0.25) is 4.79 Å². The largest absolute Gasteiger partial charge is 0.491 e. The van der Waals surface area contributed by atoms with Crippen LogP contribution in [0, 0.1) is 0 Å². The number of carbonyl (C=O) groups is 1. The van der Waals surface area contributed by atoms with E-state index in [1.807, 2.05) is 29.3 Å². The quantitative estimate of drug-likeness (QED) is 0.637. The highest BCUT2D eigenvalue weighted by atomic mass is 32.2. The molecule has 1 fully saturated rings. The van der Waals surface area contributed by atoms with Gasteiger partial charge in [-0.2, -0.15) is 11.8 Å². The lowest BCUT2D eigenvalue weighted by atomic mass is 10.1. The van der Waals surface area contributed by atoms with E-state index in [0.717, 1.165) is 29.3 Å². The summed E-state index contributed by atoms with van der Waals surface area (Å²) in [5, 5.41) is 2.72. The van der Waals surface area contributed by atoms with Crippen molar-refractivity contribution in [2.45, 2.75) is 25.7 Å². The first-order valence-electron chi connectivity index (χ1n) is 9.34. The number of aromatic nitrogens is 3. The molecule has 6 nitrogen and oxygen atoms in total. The molecule has 4 heterocycles. The molecular formula is C20H20F2N4O2S. The highest BCUT2D eigenvalue weighted by molar-refractivity contribution is 7.99. The van der Waals surface area contributed by atoms with Crippen molar-refractivity contribution in [1.29, 1.82) is 0 Å². The molecule has 1 aliphatic rings. The number of ether oxygens (including phenoxy) is 1. The van der Waals surface area contributed by atoms with E-state index in [4.69, 9.17) is 9.72 Å². The van der Waals surface area contributed by atoms with Gasteiger partial charge in [0.1, 0.15) is 28.5 Å². The van der Waals surface area contributed by atoms with Crippen molar-refractivity contribution in [3.05, 3.63) is 53.7 Å². The second-order valence-corrected chi connectivity index (χ2v) is 7.83. The van der Waals surface area contributed by atoms with Crippen LogP contribution in [0.1, 0.15) is 47.6 Å². The second-order valence-electron chi connectivity index (χ2n) is 6.68. The van der Waals surface area contributed by atoms with Gasteiger partial charge in [-0.05, 0) is 31.2 Å². The molecule has 0 saturated carbocycles. The Balaban J connectivity index is 1.65. The summed E-state index contributed by atoms with van der Waals surface area (Å²) in [5.41, 5.74) is 1.66. The van der Waals surface area contributed by atoms with Gasteiger partial charge in [0.2, 0.25) is 0 Å². The summed E-state index contributed by atoms with van der Waals surface area (Å²) in [6.45, 7) is 2.25. The number of alkyl halides is 2. The minimum Gasteiger partial charge on any atom is -0.491 e. The number of nitrogens with one attached hydrogen (secondary N) is 1. The normalized spacial score (nSPS) is 16.5. The molecule has 4 rings (SSSR count). The molecule has 1 amide bonds. The van der Waals surface area contributed by atoms with E-state index in [0.29, 0.717) is 24.0 Å². The van der Waals surface area contributed by atoms with Crippen molar-refractivity contribution >= 4 is 29.0 Å². The molecule has 0 bridgehead atoms. The SMILES string of the molecule is CCOc1cc2nc(C3CCSC3)cn2cc1NC(=O)c1cccc(C(F)F)n1. The number of hydrogen-bond acceptors (Lipinski definition) is 5. The smallest absolute Gasteiger partial charge is 0.280 e. The summed E-state index contributed by atoms with van der Waals surface area (Å²) in [5.74, 6) is 2.50. The molecule has 1 atom stereocenters. The Hall–Kier alpha value is -2.68. The summed E-state index contributed by atoms with van der Waals surface area (Å²) >= 11 is 1.92. The first-order valence-corrected chi connectivity index (χ1v) is 10.5. The number of anilines is 1. The molecule has 0 aliphatic carbocycles.